The van der Waals surface area contributed by atoms with Crippen LogP contribution < -0.4 is 11.1 Å². The molecule has 1 fully saturated rings. The molecular weight excluding hydrogens is 222 g/mol. The van der Waals surface area contributed by atoms with Crippen LogP contribution in [0, 0.1) is 10.1 Å². The molecule has 92 valence electrons. The molecule has 3 N–H and O–H groups in total. The van der Waals surface area contributed by atoms with E-state index in [2.05, 4.69) is 5.32 Å². The minimum atomic E-state index is -0.460. The third-order valence-corrected chi connectivity index (χ3v) is 2.97. The number of hydrogen-bond acceptors (Lipinski definition) is 5. The second kappa shape index (κ2) is 4.58. The normalized spacial score (nSPS) is 23.6. The molecule has 1 aliphatic heterocycles. The molecule has 6 heteroatoms. The standard InChI is InChI=1S/C11H15N3O3/c1-7-9(5-6-17-7)13-10-4-2-3-8(12)11(10)14(15)16/h2-4,7,9,13H,5-6,12H2,1H3. The van der Waals surface area contributed by atoms with Crippen molar-refractivity contribution in [1.29, 1.82) is 0 Å². The molecule has 1 saturated heterocycles. The van der Waals surface area contributed by atoms with E-state index < -0.39 is 4.92 Å². The Balaban J connectivity index is 2.26. The molecule has 2 unspecified atom stereocenters. The summed E-state index contributed by atoms with van der Waals surface area (Å²) in [6, 6.07) is 4.98. The first-order valence-electron chi connectivity index (χ1n) is 5.50. The highest BCUT2D eigenvalue weighted by Crippen LogP contribution is 2.32. The zero-order valence-electron chi connectivity index (χ0n) is 9.55. The number of hydrogen-bond donors (Lipinski definition) is 2. The van der Waals surface area contributed by atoms with E-state index in [4.69, 9.17) is 10.5 Å². The van der Waals surface area contributed by atoms with Crippen molar-refractivity contribution in [2.75, 3.05) is 17.7 Å². The van der Waals surface area contributed by atoms with Crippen LogP contribution in [-0.4, -0.2) is 23.7 Å². The molecule has 2 atom stereocenters. The van der Waals surface area contributed by atoms with Gasteiger partial charge in [0.1, 0.15) is 11.4 Å². The summed E-state index contributed by atoms with van der Waals surface area (Å²) in [5.74, 6) is 0. The van der Waals surface area contributed by atoms with Crippen LogP contribution in [0.4, 0.5) is 17.1 Å². The van der Waals surface area contributed by atoms with Crippen molar-refractivity contribution >= 4 is 17.1 Å². The quantitative estimate of drug-likeness (QED) is 0.475. The zero-order valence-corrected chi connectivity index (χ0v) is 9.55. The predicted molar refractivity (Wildman–Crippen MR) is 65.0 cm³/mol. The van der Waals surface area contributed by atoms with Gasteiger partial charge in [0, 0.05) is 6.61 Å². The number of anilines is 2. The van der Waals surface area contributed by atoms with E-state index in [0.29, 0.717) is 12.3 Å². The van der Waals surface area contributed by atoms with Crippen LogP contribution in [0.1, 0.15) is 13.3 Å². The van der Waals surface area contributed by atoms with Gasteiger partial charge in [0.2, 0.25) is 0 Å². The van der Waals surface area contributed by atoms with E-state index in [1.54, 1.807) is 12.1 Å². The summed E-state index contributed by atoms with van der Waals surface area (Å²) in [7, 11) is 0. The van der Waals surface area contributed by atoms with Gasteiger partial charge < -0.3 is 15.8 Å². The summed E-state index contributed by atoms with van der Waals surface area (Å²) >= 11 is 0. The first kappa shape index (κ1) is 11.7. The number of nitrogens with one attached hydrogen (secondary N) is 1. The molecule has 0 amide bonds. The largest absolute Gasteiger partial charge is 0.393 e. The maximum Gasteiger partial charge on any atom is 0.314 e. The van der Waals surface area contributed by atoms with Gasteiger partial charge in [-0.1, -0.05) is 6.07 Å². The topological polar surface area (TPSA) is 90.4 Å². The lowest BCUT2D eigenvalue weighted by molar-refractivity contribution is -0.383. The molecule has 1 aromatic rings. The minimum absolute atomic E-state index is 0.0519. The number of nitrogen functional groups attached to an aromatic ring is 1. The van der Waals surface area contributed by atoms with Gasteiger partial charge in [-0.2, -0.15) is 0 Å². The first-order valence-corrected chi connectivity index (χ1v) is 5.50. The van der Waals surface area contributed by atoms with Crippen molar-refractivity contribution in [2.24, 2.45) is 0 Å². The number of nitrogens with zero attached hydrogens (tertiary/aromatic N) is 1. The summed E-state index contributed by atoms with van der Waals surface area (Å²) in [5, 5.41) is 14.1. The maximum absolute atomic E-state index is 11.0. The summed E-state index contributed by atoms with van der Waals surface area (Å²) in [4.78, 5) is 10.5. The van der Waals surface area contributed by atoms with Crippen molar-refractivity contribution in [3.05, 3.63) is 28.3 Å². The molecular formula is C11H15N3O3. The number of benzene rings is 1. The van der Waals surface area contributed by atoms with Crippen LogP contribution in [0.25, 0.3) is 0 Å². The minimum Gasteiger partial charge on any atom is -0.393 e. The summed E-state index contributed by atoms with van der Waals surface area (Å²) in [6.45, 7) is 2.62. The highest BCUT2D eigenvalue weighted by Gasteiger charge is 2.27. The number of ether oxygens (including phenoxy) is 1. The monoisotopic (exact) mass is 237 g/mol. The molecule has 6 nitrogen and oxygen atoms in total. The Labute approximate surface area is 98.9 Å². The first-order chi connectivity index (χ1) is 8.09. The Kier molecular flexibility index (Phi) is 3.14. The summed E-state index contributed by atoms with van der Waals surface area (Å²) in [5.41, 5.74) is 6.18. The van der Waals surface area contributed by atoms with Gasteiger partial charge in [-0.3, -0.25) is 10.1 Å². The van der Waals surface area contributed by atoms with Crippen molar-refractivity contribution in [3.8, 4) is 0 Å². The molecule has 0 spiro atoms. The fraction of sp³-hybridized carbons (Fsp3) is 0.455. The molecule has 0 aromatic heterocycles. The SMILES string of the molecule is CC1OCCC1Nc1cccc(N)c1[N+](=O)[O-]. The average Bonchev–Trinajstić information content (AvgIpc) is 2.64. The van der Waals surface area contributed by atoms with Crippen molar-refractivity contribution < 1.29 is 9.66 Å². The Morgan fingerprint density at radius 3 is 2.94 bits per heavy atom. The van der Waals surface area contributed by atoms with E-state index in [1.807, 2.05) is 6.92 Å². The highest BCUT2D eigenvalue weighted by molar-refractivity contribution is 5.74. The number of rotatable bonds is 3. The molecule has 0 aliphatic carbocycles. The second-order valence-corrected chi connectivity index (χ2v) is 4.12. The molecule has 1 heterocycles. The second-order valence-electron chi connectivity index (χ2n) is 4.12. The van der Waals surface area contributed by atoms with Gasteiger partial charge in [-0.15, -0.1) is 0 Å². The fourth-order valence-corrected chi connectivity index (χ4v) is 2.00. The van der Waals surface area contributed by atoms with Crippen LogP contribution in [0.5, 0.6) is 0 Å². The molecule has 17 heavy (non-hydrogen) atoms. The average molecular weight is 237 g/mol. The van der Waals surface area contributed by atoms with Gasteiger partial charge in [-0.05, 0) is 25.5 Å². The molecule has 1 aliphatic rings. The Hall–Kier alpha value is -1.82. The molecule has 2 rings (SSSR count). The number of nitro benzene ring substituents is 1. The third kappa shape index (κ3) is 2.31. The summed E-state index contributed by atoms with van der Waals surface area (Å²) in [6.07, 6.45) is 0.892. The van der Waals surface area contributed by atoms with Crippen LogP contribution in [0.15, 0.2) is 18.2 Å². The van der Waals surface area contributed by atoms with Gasteiger partial charge in [0.15, 0.2) is 0 Å². The maximum atomic E-state index is 11.0. The van der Waals surface area contributed by atoms with E-state index in [1.165, 1.54) is 6.07 Å². The van der Waals surface area contributed by atoms with Crippen LogP contribution in [0.2, 0.25) is 0 Å². The molecule has 0 radical (unpaired) electrons. The van der Waals surface area contributed by atoms with Crippen LogP contribution in [0.3, 0.4) is 0 Å². The molecule has 1 aromatic carbocycles. The van der Waals surface area contributed by atoms with Crippen molar-refractivity contribution in [1.82, 2.24) is 0 Å². The van der Waals surface area contributed by atoms with Crippen molar-refractivity contribution in [2.45, 2.75) is 25.5 Å². The third-order valence-electron chi connectivity index (χ3n) is 2.97. The highest BCUT2D eigenvalue weighted by atomic mass is 16.6. The molecule has 0 saturated carbocycles. The Bertz CT molecular complexity index is 436. The fourth-order valence-electron chi connectivity index (χ4n) is 2.00. The lowest BCUT2D eigenvalue weighted by atomic mass is 10.1. The van der Waals surface area contributed by atoms with E-state index >= 15 is 0 Å². The van der Waals surface area contributed by atoms with E-state index in [0.717, 1.165) is 6.42 Å². The Morgan fingerprint density at radius 1 is 1.59 bits per heavy atom. The number of nitrogens with two attached hydrogens (primary N) is 1. The number of para-hydroxylation sites is 1. The lowest BCUT2D eigenvalue weighted by Crippen LogP contribution is -2.27. The van der Waals surface area contributed by atoms with E-state index in [-0.39, 0.29) is 23.5 Å². The number of nitro groups is 1. The predicted octanol–water partition coefficient (Wildman–Crippen LogP) is 1.77. The van der Waals surface area contributed by atoms with Crippen LogP contribution in [-0.2, 0) is 4.74 Å². The Morgan fingerprint density at radius 2 is 2.35 bits per heavy atom. The zero-order chi connectivity index (χ0) is 12.4. The van der Waals surface area contributed by atoms with Crippen LogP contribution >= 0.6 is 0 Å². The smallest absolute Gasteiger partial charge is 0.314 e. The summed E-state index contributed by atoms with van der Waals surface area (Å²) < 4.78 is 5.40. The lowest BCUT2D eigenvalue weighted by Gasteiger charge is -2.17. The van der Waals surface area contributed by atoms with E-state index in [9.17, 15) is 10.1 Å². The molecule has 0 bridgehead atoms. The van der Waals surface area contributed by atoms with Gasteiger partial charge >= 0.3 is 5.69 Å². The van der Waals surface area contributed by atoms with Gasteiger partial charge in [0.25, 0.3) is 0 Å². The van der Waals surface area contributed by atoms with Gasteiger partial charge in [0.05, 0.1) is 17.1 Å². The van der Waals surface area contributed by atoms with Crippen molar-refractivity contribution in [3.63, 3.8) is 0 Å². The van der Waals surface area contributed by atoms with Gasteiger partial charge in [-0.25, -0.2) is 0 Å².